The minimum absolute atomic E-state index is 0.0349. The highest BCUT2D eigenvalue weighted by molar-refractivity contribution is 5.92. The largest absolute Gasteiger partial charge is 0.481 e. The number of anilines is 1. The molecule has 7 heteroatoms. The van der Waals surface area contributed by atoms with Gasteiger partial charge in [0.25, 0.3) is 0 Å². The molecule has 2 aromatic heterocycles. The van der Waals surface area contributed by atoms with Crippen molar-refractivity contribution in [3.63, 3.8) is 0 Å². The second-order valence-corrected chi connectivity index (χ2v) is 6.32. The number of methoxy groups -OCH3 is 1. The maximum absolute atomic E-state index is 14.3. The molecule has 0 spiro atoms. The minimum Gasteiger partial charge on any atom is -0.481 e. The Morgan fingerprint density at radius 3 is 2.74 bits per heavy atom. The standard InChI is InChI=1S/C20H20FN3O3/c1-12(2)15-9-14(21)10-16(13-4-5-22-19(8-13)26-3)17(15)11-18(25)24-20-23-6-7-27-20/h4-10,12H,11H2,1-3H3,(H,23,24,25). The van der Waals surface area contributed by atoms with E-state index in [0.29, 0.717) is 11.4 Å². The van der Waals surface area contributed by atoms with Crippen LogP contribution in [0.5, 0.6) is 5.88 Å². The van der Waals surface area contributed by atoms with Crippen molar-refractivity contribution >= 4 is 11.9 Å². The molecule has 3 aromatic rings. The van der Waals surface area contributed by atoms with Gasteiger partial charge < -0.3 is 9.15 Å². The Kier molecular flexibility index (Phi) is 5.49. The van der Waals surface area contributed by atoms with E-state index < -0.39 is 0 Å². The Morgan fingerprint density at radius 2 is 2.07 bits per heavy atom. The van der Waals surface area contributed by atoms with Crippen LogP contribution in [-0.2, 0) is 11.2 Å². The topological polar surface area (TPSA) is 77.2 Å². The number of oxazole rings is 1. The molecule has 27 heavy (non-hydrogen) atoms. The van der Waals surface area contributed by atoms with Gasteiger partial charge >= 0.3 is 6.01 Å². The Bertz CT molecular complexity index is 940. The van der Waals surface area contributed by atoms with Crippen molar-refractivity contribution in [3.8, 4) is 17.0 Å². The van der Waals surface area contributed by atoms with Gasteiger partial charge in [-0.3, -0.25) is 10.1 Å². The highest BCUT2D eigenvalue weighted by atomic mass is 19.1. The number of ether oxygens (including phenoxy) is 1. The van der Waals surface area contributed by atoms with Crippen molar-refractivity contribution in [2.75, 3.05) is 12.4 Å². The zero-order valence-electron chi connectivity index (χ0n) is 15.3. The Labute approximate surface area is 156 Å². The van der Waals surface area contributed by atoms with E-state index in [0.717, 1.165) is 16.7 Å². The first kappa shape index (κ1) is 18.6. The summed E-state index contributed by atoms with van der Waals surface area (Å²) >= 11 is 0. The zero-order valence-corrected chi connectivity index (χ0v) is 15.3. The molecule has 1 amide bonds. The van der Waals surface area contributed by atoms with E-state index in [1.807, 2.05) is 13.8 Å². The van der Waals surface area contributed by atoms with Crippen LogP contribution in [0.15, 0.2) is 47.3 Å². The van der Waals surface area contributed by atoms with E-state index in [2.05, 4.69) is 15.3 Å². The van der Waals surface area contributed by atoms with Crippen molar-refractivity contribution in [1.82, 2.24) is 9.97 Å². The van der Waals surface area contributed by atoms with Gasteiger partial charge in [-0.15, -0.1) is 0 Å². The zero-order chi connectivity index (χ0) is 19.4. The number of nitrogens with one attached hydrogen (secondary N) is 1. The first-order valence-electron chi connectivity index (χ1n) is 8.50. The van der Waals surface area contributed by atoms with Gasteiger partial charge in [0.05, 0.1) is 19.7 Å². The Balaban J connectivity index is 2.04. The lowest BCUT2D eigenvalue weighted by atomic mass is 9.88. The fourth-order valence-electron chi connectivity index (χ4n) is 2.93. The predicted molar refractivity (Wildman–Crippen MR) is 99.1 cm³/mol. The number of hydrogen-bond donors (Lipinski definition) is 1. The van der Waals surface area contributed by atoms with Gasteiger partial charge in [-0.1, -0.05) is 13.8 Å². The average molecular weight is 369 g/mol. The molecule has 0 aliphatic carbocycles. The molecular formula is C20H20FN3O3. The number of benzene rings is 1. The molecule has 0 aliphatic rings. The number of amides is 1. The lowest BCUT2D eigenvalue weighted by Crippen LogP contribution is -2.17. The molecule has 3 rings (SSSR count). The van der Waals surface area contributed by atoms with Gasteiger partial charge in [0.2, 0.25) is 11.8 Å². The Morgan fingerprint density at radius 1 is 1.26 bits per heavy atom. The molecule has 1 N–H and O–H groups in total. The summed E-state index contributed by atoms with van der Waals surface area (Å²) < 4.78 is 24.5. The minimum atomic E-state index is -0.360. The number of aromatic nitrogens is 2. The number of rotatable bonds is 6. The second kappa shape index (κ2) is 7.99. The third-order valence-corrected chi connectivity index (χ3v) is 4.14. The van der Waals surface area contributed by atoms with Crippen molar-refractivity contribution < 1.29 is 18.3 Å². The van der Waals surface area contributed by atoms with Gasteiger partial charge in [0.15, 0.2) is 0 Å². The molecule has 0 aliphatic heterocycles. The maximum Gasteiger partial charge on any atom is 0.301 e. The van der Waals surface area contributed by atoms with Crippen molar-refractivity contribution in [3.05, 3.63) is 59.9 Å². The fraction of sp³-hybridized carbons (Fsp3) is 0.250. The van der Waals surface area contributed by atoms with Crippen LogP contribution in [0.4, 0.5) is 10.4 Å². The van der Waals surface area contributed by atoms with Crippen molar-refractivity contribution in [1.29, 1.82) is 0 Å². The van der Waals surface area contributed by atoms with Gasteiger partial charge in [0, 0.05) is 12.3 Å². The second-order valence-electron chi connectivity index (χ2n) is 6.32. The molecule has 2 heterocycles. The highest BCUT2D eigenvalue weighted by Gasteiger charge is 2.19. The van der Waals surface area contributed by atoms with Crippen LogP contribution < -0.4 is 10.1 Å². The maximum atomic E-state index is 14.3. The summed E-state index contributed by atoms with van der Waals surface area (Å²) in [5, 5.41) is 2.60. The van der Waals surface area contributed by atoms with E-state index in [1.165, 1.54) is 31.7 Å². The SMILES string of the molecule is COc1cc(-c2cc(F)cc(C(C)C)c2CC(=O)Nc2ncco2)ccn1. The number of halogens is 1. The van der Waals surface area contributed by atoms with Gasteiger partial charge in [-0.05, 0) is 46.4 Å². The summed E-state index contributed by atoms with van der Waals surface area (Å²) in [5.41, 5.74) is 2.86. The lowest BCUT2D eigenvalue weighted by molar-refractivity contribution is -0.115. The van der Waals surface area contributed by atoms with Gasteiger partial charge in [-0.25, -0.2) is 14.4 Å². The molecule has 6 nitrogen and oxygen atoms in total. The van der Waals surface area contributed by atoms with E-state index in [9.17, 15) is 9.18 Å². The molecule has 0 bridgehead atoms. The summed E-state index contributed by atoms with van der Waals surface area (Å²) in [6, 6.07) is 6.50. The van der Waals surface area contributed by atoms with Crippen molar-refractivity contribution in [2.45, 2.75) is 26.2 Å². The fourth-order valence-corrected chi connectivity index (χ4v) is 2.93. The van der Waals surface area contributed by atoms with Crippen LogP contribution >= 0.6 is 0 Å². The van der Waals surface area contributed by atoms with Crippen LogP contribution in [0.3, 0.4) is 0 Å². The van der Waals surface area contributed by atoms with Crippen molar-refractivity contribution in [2.24, 2.45) is 0 Å². The summed E-state index contributed by atoms with van der Waals surface area (Å²) in [5.74, 6) is -0.208. The van der Waals surface area contributed by atoms with Crippen LogP contribution in [-0.4, -0.2) is 23.0 Å². The summed E-state index contributed by atoms with van der Waals surface area (Å²) in [6.07, 6.45) is 4.46. The molecule has 0 unspecified atom stereocenters. The predicted octanol–water partition coefficient (Wildman–Crippen LogP) is 4.19. The monoisotopic (exact) mass is 369 g/mol. The molecule has 0 fully saturated rings. The number of carbonyl (C=O) groups is 1. The quantitative estimate of drug-likeness (QED) is 0.705. The molecule has 1 aromatic carbocycles. The molecule has 0 radical (unpaired) electrons. The molecule has 0 saturated heterocycles. The van der Waals surface area contributed by atoms with E-state index >= 15 is 0 Å². The summed E-state index contributed by atoms with van der Waals surface area (Å²) in [7, 11) is 1.52. The summed E-state index contributed by atoms with van der Waals surface area (Å²) in [6.45, 7) is 3.92. The van der Waals surface area contributed by atoms with E-state index in [1.54, 1.807) is 18.3 Å². The van der Waals surface area contributed by atoms with Gasteiger partial charge in [0.1, 0.15) is 12.1 Å². The summed E-state index contributed by atoms with van der Waals surface area (Å²) in [4.78, 5) is 20.5. The van der Waals surface area contributed by atoms with E-state index in [-0.39, 0.29) is 30.1 Å². The molecule has 140 valence electrons. The van der Waals surface area contributed by atoms with Crippen LogP contribution in [0.1, 0.15) is 30.9 Å². The highest BCUT2D eigenvalue weighted by Crippen LogP contribution is 2.33. The van der Waals surface area contributed by atoms with Crippen LogP contribution in [0.2, 0.25) is 0 Å². The third-order valence-electron chi connectivity index (χ3n) is 4.14. The normalized spacial score (nSPS) is 10.9. The molecular weight excluding hydrogens is 349 g/mol. The first-order valence-corrected chi connectivity index (χ1v) is 8.50. The number of pyridine rings is 1. The van der Waals surface area contributed by atoms with Crippen LogP contribution in [0.25, 0.3) is 11.1 Å². The Hall–Kier alpha value is -3.22. The smallest absolute Gasteiger partial charge is 0.301 e. The van der Waals surface area contributed by atoms with E-state index in [4.69, 9.17) is 9.15 Å². The first-order chi connectivity index (χ1) is 13.0. The third kappa shape index (κ3) is 4.31. The number of hydrogen-bond acceptors (Lipinski definition) is 5. The molecule has 0 saturated carbocycles. The number of carbonyl (C=O) groups excluding carboxylic acids is 1. The average Bonchev–Trinajstić information content (AvgIpc) is 3.15. The van der Waals surface area contributed by atoms with Gasteiger partial charge in [-0.2, -0.15) is 0 Å². The number of nitrogens with zero attached hydrogens (tertiary/aromatic N) is 2. The van der Waals surface area contributed by atoms with Crippen LogP contribution in [0, 0.1) is 5.82 Å². The lowest BCUT2D eigenvalue weighted by Gasteiger charge is -2.18. The molecule has 0 atom stereocenters.